The zero-order chi connectivity index (χ0) is 16.2. The van der Waals surface area contributed by atoms with Gasteiger partial charge in [0, 0.05) is 11.6 Å². The number of rotatable bonds is 6. The summed E-state index contributed by atoms with van der Waals surface area (Å²) in [5.41, 5.74) is -0.909. The summed E-state index contributed by atoms with van der Waals surface area (Å²) in [5, 5.41) is 13.0. The molecule has 2 rings (SSSR count). The second-order valence-electron chi connectivity index (χ2n) is 5.04. The molecule has 22 heavy (non-hydrogen) atoms. The number of hydrogen-bond acceptors (Lipinski definition) is 5. The first-order chi connectivity index (χ1) is 10.5. The van der Waals surface area contributed by atoms with Crippen molar-refractivity contribution in [2.24, 2.45) is 0 Å². The molecule has 0 radical (unpaired) electrons. The van der Waals surface area contributed by atoms with Gasteiger partial charge in [-0.15, -0.1) is 0 Å². The molecule has 1 aromatic heterocycles. The van der Waals surface area contributed by atoms with Gasteiger partial charge in [0.15, 0.2) is 0 Å². The van der Waals surface area contributed by atoms with Gasteiger partial charge in [-0.25, -0.2) is 0 Å². The molecule has 2 N–H and O–H groups in total. The number of ether oxygens (including phenoxy) is 2. The highest BCUT2D eigenvalue weighted by Gasteiger charge is 2.27. The predicted molar refractivity (Wildman–Crippen MR) is 80.2 cm³/mol. The van der Waals surface area contributed by atoms with E-state index in [4.69, 9.17) is 13.9 Å². The van der Waals surface area contributed by atoms with Crippen molar-refractivity contribution in [1.82, 2.24) is 5.32 Å². The van der Waals surface area contributed by atoms with Gasteiger partial charge in [-0.1, -0.05) is 0 Å². The molecule has 0 fully saturated rings. The number of methoxy groups -OCH3 is 2. The van der Waals surface area contributed by atoms with E-state index in [1.54, 1.807) is 37.3 Å². The lowest BCUT2D eigenvalue weighted by molar-refractivity contribution is 0.0330. The summed E-state index contributed by atoms with van der Waals surface area (Å²) in [5.74, 6) is 1.07. The summed E-state index contributed by atoms with van der Waals surface area (Å²) < 4.78 is 15.4. The third-order valence-corrected chi connectivity index (χ3v) is 3.26. The van der Waals surface area contributed by atoms with Crippen molar-refractivity contribution < 1.29 is 23.8 Å². The fourth-order valence-electron chi connectivity index (χ4n) is 1.97. The summed E-state index contributed by atoms with van der Waals surface area (Å²) >= 11 is 0. The lowest BCUT2D eigenvalue weighted by atomic mass is 10.0. The molecule has 118 valence electrons. The van der Waals surface area contributed by atoms with Crippen LogP contribution in [0, 0.1) is 0 Å². The average molecular weight is 305 g/mol. The zero-order valence-electron chi connectivity index (χ0n) is 12.8. The van der Waals surface area contributed by atoms with Gasteiger partial charge in [0.2, 0.25) is 0 Å². The third-order valence-electron chi connectivity index (χ3n) is 3.26. The molecule has 1 heterocycles. The minimum atomic E-state index is -1.29. The fraction of sp³-hybridized carbons (Fsp3) is 0.312. The Bertz CT molecular complexity index is 612. The second-order valence-corrected chi connectivity index (χ2v) is 5.04. The highest BCUT2D eigenvalue weighted by atomic mass is 16.5. The molecular formula is C16H19NO5. The quantitative estimate of drug-likeness (QED) is 0.852. The molecule has 0 saturated carbocycles. The molecule has 0 bridgehead atoms. The Morgan fingerprint density at radius 3 is 2.41 bits per heavy atom. The lowest BCUT2D eigenvalue weighted by Gasteiger charge is -2.21. The first-order valence-electron chi connectivity index (χ1n) is 6.74. The van der Waals surface area contributed by atoms with Crippen LogP contribution in [0.4, 0.5) is 0 Å². The minimum absolute atomic E-state index is 0.0128. The second kappa shape index (κ2) is 6.53. The number of carbonyl (C=O) groups excluding carboxylic acids is 1. The minimum Gasteiger partial charge on any atom is -0.497 e. The van der Waals surface area contributed by atoms with E-state index in [0.717, 1.165) is 0 Å². The Morgan fingerprint density at radius 1 is 1.27 bits per heavy atom. The molecule has 1 unspecified atom stereocenters. The van der Waals surface area contributed by atoms with Gasteiger partial charge in [0.05, 0.1) is 27.0 Å². The van der Waals surface area contributed by atoms with Crippen molar-refractivity contribution >= 4 is 5.91 Å². The summed E-state index contributed by atoms with van der Waals surface area (Å²) in [6.45, 7) is 1.58. The maximum atomic E-state index is 12.2. The standard InChI is InChI=1S/C16H19NO5/c1-16(19,14-5-4-6-22-14)10-17-15(18)11-7-12(20-2)9-13(8-11)21-3/h4-9,19H,10H2,1-3H3,(H,17,18). The van der Waals surface area contributed by atoms with E-state index < -0.39 is 5.60 Å². The van der Waals surface area contributed by atoms with E-state index in [0.29, 0.717) is 22.8 Å². The predicted octanol–water partition coefficient (Wildman–Crippen LogP) is 1.93. The van der Waals surface area contributed by atoms with Crippen LogP contribution >= 0.6 is 0 Å². The maximum Gasteiger partial charge on any atom is 0.251 e. The molecule has 2 aromatic rings. The summed E-state index contributed by atoms with van der Waals surface area (Å²) in [6.07, 6.45) is 1.47. The van der Waals surface area contributed by atoms with E-state index in [9.17, 15) is 9.90 Å². The largest absolute Gasteiger partial charge is 0.497 e. The number of furan rings is 1. The van der Waals surface area contributed by atoms with E-state index in [2.05, 4.69) is 5.32 Å². The fourth-order valence-corrected chi connectivity index (χ4v) is 1.97. The van der Waals surface area contributed by atoms with Gasteiger partial charge in [0.1, 0.15) is 22.9 Å². The Morgan fingerprint density at radius 2 is 1.91 bits per heavy atom. The lowest BCUT2D eigenvalue weighted by Crippen LogP contribution is -2.38. The Kier molecular flexibility index (Phi) is 4.72. The normalized spacial score (nSPS) is 13.3. The molecule has 1 amide bonds. The van der Waals surface area contributed by atoms with Crippen LogP contribution in [0.15, 0.2) is 41.0 Å². The smallest absolute Gasteiger partial charge is 0.251 e. The van der Waals surface area contributed by atoms with Gasteiger partial charge < -0.3 is 24.3 Å². The maximum absolute atomic E-state index is 12.2. The number of aliphatic hydroxyl groups is 1. The Labute approximate surface area is 128 Å². The van der Waals surface area contributed by atoms with Crippen LogP contribution in [0.3, 0.4) is 0 Å². The van der Waals surface area contributed by atoms with Crippen molar-refractivity contribution in [3.8, 4) is 11.5 Å². The summed E-state index contributed by atoms with van der Waals surface area (Å²) in [7, 11) is 3.02. The van der Waals surface area contributed by atoms with Gasteiger partial charge in [-0.2, -0.15) is 0 Å². The van der Waals surface area contributed by atoms with Crippen LogP contribution in [-0.4, -0.2) is 31.8 Å². The number of amides is 1. The van der Waals surface area contributed by atoms with E-state index in [1.807, 2.05) is 0 Å². The van der Waals surface area contributed by atoms with Gasteiger partial charge >= 0.3 is 0 Å². The number of nitrogens with one attached hydrogen (secondary N) is 1. The van der Waals surface area contributed by atoms with Crippen molar-refractivity contribution in [3.63, 3.8) is 0 Å². The van der Waals surface area contributed by atoms with Crippen LogP contribution in [0.25, 0.3) is 0 Å². The van der Waals surface area contributed by atoms with Crippen LogP contribution in [0.2, 0.25) is 0 Å². The van der Waals surface area contributed by atoms with Crippen molar-refractivity contribution in [3.05, 3.63) is 47.9 Å². The summed E-state index contributed by atoms with van der Waals surface area (Å²) in [6, 6.07) is 8.20. The van der Waals surface area contributed by atoms with Crippen molar-refractivity contribution in [2.45, 2.75) is 12.5 Å². The third kappa shape index (κ3) is 3.59. The number of benzene rings is 1. The van der Waals surface area contributed by atoms with Crippen LogP contribution in [-0.2, 0) is 5.60 Å². The first kappa shape index (κ1) is 15.9. The Hall–Kier alpha value is -2.47. The molecule has 0 spiro atoms. The molecule has 1 aromatic carbocycles. The molecule has 0 aliphatic heterocycles. The molecule has 1 atom stereocenters. The molecular weight excluding hydrogens is 286 g/mol. The molecule has 0 aliphatic rings. The molecule has 0 aliphatic carbocycles. The molecule has 6 heteroatoms. The van der Waals surface area contributed by atoms with Gasteiger partial charge in [0.25, 0.3) is 5.91 Å². The van der Waals surface area contributed by atoms with Gasteiger partial charge in [-0.05, 0) is 31.2 Å². The van der Waals surface area contributed by atoms with E-state index in [-0.39, 0.29) is 12.5 Å². The number of carbonyl (C=O) groups is 1. The van der Waals surface area contributed by atoms with E-state index >= 15 is 0 Å². The average Bonchev–Trinajstić information content (AvgIpc) is 3.07. The van der Waals surface area contributed by atoms with Crippen LogP contribution < -0.4 is 14.8 Å². The van der Waals surface area contributed by atoms with E-state index in [1.165, 1.54) is 20.5 Å². The SMILES string of the molecule is COc1cc(OC)cc(C(=O)NCC(C)(O)c2ccco2)c1. The Balaban J connectivity index is 2.09. The topological polar surface area (TPSA) is 80.9 Å². The molecule has 6 nitrogen and oxygen atoms in total. The highest BCUT2D eigenvalue weighted by molar-refractivity contribution is 5.95. The number of hydrogen-bond donors (Lipinski definition) is 2. The van der Waals surface area contributed by atoms with Crippen LogP contribution in [0.5, 0.6) is 11.5 Å². The monoisotopic (exact) mass is 305 g/mol. The summed E-state index contributed by atoms with van der Waals surface area (Å²) in [4.78, 5) is 12.2. The van der Waals surface area contributed by atoms with Crippen molar-refractivity contribution in [2.75, 3.05) is 20.8 Å². The zero-order valence-corrected chi connectivity index (χ0v) is 12.8. The van der Waals surface area contributed by atoms with Crippen molar-refractivity contribution in [1.29, 1.82) is 0 Å². The highest BCUT2D eigenvalue weighted by Crippen LogP contribution is 2.23. The molecule has 0 saturated heterocycles. The van der Waals surface area contributed by atoms with Crippen LogP contribution in [0.1, 0.15) is 23.0 Å². The van der Waals surface area contributed by atoms with Gasteiger partial charge in [-0.3, -0.25) is 4.79 Å². The first-order valence-corrected chi connectivity index (χ1v) is 6.74.